The fraction of sp³-hybridized carbons (Fsp3) is 0.833. The van der Waals surface area contributed by atoms with Crippen LogP contribution in [0.15, 0.2) is 0 Å². The highest BCUT2D eigenvalue weighted by Crippen LogP contribution is 2.59. The molecule has 0 bridgehead atoms. The van der Waals surface area contributed by atoms with Gasteiger partial charge in [0.25, 0.3) is 5.91 Å². The molecule has 10 heteroatoms. The molecule has 0 aromatic carbocycles. The van der Waals surface area contributed by atoms with Crippen molar-refractivity contribution in [2.24, 2.45) is 40.1 Å². The fourth-order valence-electron chi connectivity index (χ4n) is 4.73. The van der Waals surface area contributed by atoms with Crippen LogP contribution < -0.4 is 27.4 Å². The van der Waals surface area contributed by atoms with Gasteiger partial charge < -0.3 is 26.8 Å². The number of hydrogen-bond donors (Lipinski definition) is 5. The molecule has 2 aliphatic rings. The van der Waals surface area contributed by atoms with E-state index in [4.69, 9.17) is 16.2 Å². The molecule has 7 N–H and O–H groups in total. The van der Waals surface area contributed by atoms with E-state index in [0.717, 1.165) is 19.3 Å². The number of carbonyl (C=O) groups excluding carboxylic acids is 4. The van der Waals surface area contributed by atoms with Gasteiger partial charge in [-0.25, -0.2) is 4.79 Å². The molecule has 0 aromatic heterocycles. The molecular weight excluding hydrogens is 438 g/mol. The van der Waals surface area contributed by atoms with Crippen molar-refractivity contribution in [2.45, 2.75) is 78.8 Å². The third-order valence-electron chi connectivity index (χ3n) is 7.60. The van der Waals surface area contributed by atoms with Crippen molar-refractivity contribution in [3.63, 3.8) is 0 Å². The SMILES string of the molecule is CC(C)(C)[C@@H](COCNC[C@H]1[C@@H](CC(=O)NC(CC2CCC2)C(=O)C(N)=O)C1(C)C)NC(N)=O. The highest BCUT2D eigenvalue weighted by molar-refractivity contribution is 6.37. The zero-order chi connectivity index (χ0) is 25.7. The van der Waals surface area contributed by atoms with Crippen molar-refractivity contribution in [3.05, 3.63) is 0 Å². The van der Waals surface area contributed by atoms with Crippen molar-refractivity contribution in [1.82, 2.24) is 16.0 Å². The number of urea groups is 1. The van der Waals surface area contributed by atoms with Crippen molar-refractivity contribution in [1.29, 1.82) is 0 Å². The zero-order valence-corrected chi connectivity index (χ0v) is 21.2. The Balaban J connectivity index is 1.76. The Hall–Kier alpha value is -2.20. The lowest BCUT2D eigenvalue weighted by molar-refractivity contribution is -0.138. The van der Waals surface area contributed by atoms with Gasteiger partial charge in [-0.05, 0) is 35.0 Å². The van der Waals surface area contributed by atoms with Crippen LogP contribution in [0.4, 0.5) is 4.79 Å². The molecule has 0 spiro atoms. The number of Topliss-reactive ketones (excluding diaryl/α,β-unsaturated/α-hetero) is 1. The number of ether oxygens (including phenoxy) is 1. The first-order valence-corrected chi connectivity index (χ1v) is 12.2. The number of amides is 4. The second-order valence-electron chi connectivity index (χ2n) is 11.5. The number of nitrogens with one attached hydrogen (secondary N) is 3. The average molecular weight is 482 g/mol. The van der Waals surface area contributed by atoms with Crippen LogP contribution >= 0.6 is 0 Å². The standard InChI is InChI=1S/C24H43N5O5/c1-23(2,3)18(29-22(26)33)12-34-13-27-11-16-15(24(16,4)5)10-19(30)28-17(20(31)21(25)32)9-14-7-6-8-14/h14-18,27H,6-13H2,1-5H3,(H2,25,32)(H,28,30)(H3,26,29,33)/t15-,16+,17?,18-/m1/s1. The van der Waals surface area contributed by atoms with Gasteiger partial charge in [-0.1, -0.05) is 53.9 Å². The molecule has 34 heavy (non-hydrogen) atoms. The molecule has 1 unspecified atom stereocenters. The summed E-state index contributed by atoms with van der Waals surface area (Å²) >= 11 is 0. The third-order valence-corrected chi connectivity index (χ3v) is 7.60. The van der Waals surface area contributed by atoms with Gasteiger partial charge in [-0.15, -0.1) is 0 Å². The van der Waals surface area contributed by atoms with Crippen LogP contribution in [0.3, 0.4) is 0 Å². The monoisotopic (exact) mass is 481 g/mol. The Kier molecular flexibility index (Phi) is 9.47. The van der Waals surface area contributed by atoms with E-state index >= 15 is 0 Å². The lowest BCUT2D eigenvalue weighted by Gasteiger charge is -2.30. The van der Waals surface area contributed by atoms with Gasteiger partial charge in [-0.3, -0.25) is 19.7 Å². The van der Waals surface area contributed by atoms with E-state index in [1.165, 1.54) is 0 Å². The third kappa shape index (κ3) is 7.94. The predicted octanol–water partition coefficient (Wildman–Crippen LogP) is 1.02. The molecular formula is C24H43N5O5. The Bertz CT molecular complexity index is 759. The predicted molar refractivity (Wildman–Crippen MR) is 128 cm³/mol. The van der Waals surface area contributed by atoms with Crippen LogP contribution in [-0.2, 0) is 19.1 Å². The first-order valence-electron chi connectivity index (χ1n) is 12.2. The summed E-state index contributed by atoms with van der Waals surface area (Å²) in [6.07, 6.45) is 3.91. The van der Waals surface area contributed by atoms with Crippen molar-refractivity contribution >= 4 is 23.6 Å². The quantitative estimate of drug-likeness (QED) is 0.141. The molecule has 0 aliphatic heterocycles. The van der Waals surface area contributed by atoms with Gasteiger partial charge >= 0.3 is 6.03 Å². The number of rotatable bonds is 14. The maximum Gasteiger partial charge on any atom is 0.312 e. The number of hydrogen-bond acceptors (Lipinski definition) is 6. The smallest absolute Gasteiger partial charge is 0.312 e. The summed E-state index contributed by atoms with van der Waals surface area (Å²) in [5.74, 6) is -1.14. The van der Waals surface area contributed by atoms with Crippen LogP contribution in [0.1, 0.15) is 66.7 Å². The summed E-state index contributed by atoms with van der Waals surface area (Å²) in [5.41, 5.74) is 10.2. The summed E-state index contributed by atoms with van der Waals surface area (Å²) in [6, 6.07) is -1.62. The first-order chi connectivity index (χ1) is 15.7. The second-order valence-corrected chi connectivity index (χ2v) is 11.5. The molecule has 0 saturated heterocycles. The Labute approximate surface area is 202 Å². The number of carbonyl (C=O) groups is 4. The van der Waals surface area contributed by atoms with Crippen LogP contribution in [-0.4, -0.2) is 55.6 Å². The number of primary amides is 2. The molecule has 2 saturated carbocycles. The van der Waals surface area contributed by atoms with E-state index in [1.54, 1.807) is 0 Å². The van der Waals surface area contributed by atoms with Gasteiger partial charge in [-0.2, -0.15) is 0 Å². The van der Waals surface area contributed by atoms with Crippen molar-refractivity contribution < 1.29 is 23.9 Å². The van der Waals surface area contributed by atoms with Crippen LogP contribution in [0.5, 0.6) is 0 Å². The highest BCUT2D eigenvalue weighted by Gasteiger charge is 2.57. The van der Waals surface area contributed by atoms with E-state index in [2.05, 4.69) is 29.8 Å². The molecule has 0 aromatic rings. The van der Waals surface area contributed by atoms with E-state index < -0.39 is 23.8 Å². The second kappa shape index (κ2) is 11.5. The molecule has 10 nitrogen and oxygen atoms in total. The number of nitrogens with two attached hydrogens (primary N) is 2. The van der Waals surface area contributed by atoms with E-state index in [9.17, 15) is 19.2 Å². The number of ketones is 1. The molecule has 2 aliphatic carbocycles. The fourth-order valence-corrected chi connectivity index (χ4v) is 4.73. The summed E-state index contributed by atoms with van der Waals surface area (Å²) in [4.78, 5) is 47.5. The van der Waals surface area contributed by atoms with Crippen LogP contribution in [0.25, 0.3) is 0 Å². The zero-order valence-electron chi connectivity index (χ0n) is 21.2. The normalized spacial score (nSPS) is 23.3. The maximum absolute atomic E-state index is 12.7. The highest BCUT2D eigenvalue weighted by atomic mass is 16.5. The van der Waals surface area contributed by atoms with Gasteiger partial charge in [0.05, 0.1) is 25.4 Å². The van der Waals surface area contributed by atoms with Gasteiger partial charge in [0.15, 0.2) is 0 Å². The summed E-state index contributed by atoms with van der Waals surface area (Å²) in [6.45, 7) is 11.6. The minimum Gasteiger partial charge on any atom is -0.364 e. The summed E-state index contributed by atoms with van der Waals surface area (Å²) in [7, 11) is 0. The molecule has 0 heterocycles. The van der Waals surface area contributed by atoms with Crippen LogP contribution in [0, 0.1) is 28.6 Å². The molecule has 2 fully saturated rings. The van der Waals surface area contributed by atoms with E-state index in [-0.39, 0.29) is 34.6 Å². The summed E-state index contributed by atoms with van der Waals surface area (Å²) in [5, 5.41) is 8.75. The van der Waals surface area contributed by atoms with Crippen LogP contribution in [0.2, 0.25) is 0 Å². The Morgan fingerprint density at radius 1 is 1.06 bits per heavy atom. The van der Waals surface area contributed by atoms with Gasteiger partial charge in [0.2, 0.25) is 11.7 Å². The Morgan fingerprint density at radius 3 is 2.21 bits per heavy atom. The lowest BCUT2D eigenvalue weighted by atomic mass is 9.80. The topological polar surface area (TPSA) is 166 Å². The molecule has 4 amide bonds. The van der Waals surface area contributed by atoms with Crippen molar-refractivity contribution in [2.75, 3.05) is 19.9 Å². The minimum absolute atomic E-state index is 0.0248. The molecule has 0 radical (unpaired) electrons. The largest absolute Gasteiger partial charge is 0.364 e. The maximum atomic E-state index is 12.7. The van der Waals surface area contributed by atoms with Gasteiger partial charge in [0, 0.05) is 13.0 Å². The molecule has 2 rings (SSSR count). The molecule has 194 valence electrons. The van der Waals surface area contributed by atoms with Crippen molar-refractivity contribution in [3.8, 4) is 0 Å². The Morgan fingerprint density at radius 2 is 1.71 bits per heavy atom. The van der Waals surface area contributed by atoms with Gasteiger partial charge in [0.1, 0.15) is 0 Å². The molecule has 4 atom stereocenters. The van der Waals surface area contributed by atoms with E-state index in [1.807, 2.05) is 20.8 Å². The average Bonchev–Trinajstić information content (AvgIpc) is 3.18. The van der Waals surface area contributed by atoms with E-state index in [0.29, 0.717) is 38.6 Å². The lowest BCUT2D eigenvalue weighted by Crippen LogP contribution is -2.49. The summed E-state index contributed by atoms with van der Waals surface area (Å²) < 4.78 is 5.70. The minimum atomic E-state index is -1.00. The first kappa shape index (κ1) is 28.0.